The number of rotatable bonds is 7. The van der Waals surface area contributed by atoms with E-state index in [1.54, 1.807) is 11.3 Å². The fourth-order valence-electron chi connectivity index (χ4n) is 2.11. The summed E-state index contributed by atoms with van der Waals surface area (Å²) in [6.07, 6.45) is 3.15. The monoisotopic (exact) mass is 309 g/mol. The zero-order valence-corrected chi connectivity index (χ0v) is 13.6. The van der Waals surface area contributed by atoms with E-state index < -0.39 is 0 Å². The van der Waals surface area contributed by atoms with Gasteiger partial charge in [0, 0.05) is 5.38 Å². The van der Waals surface area contributed by atoms with Crippen LogP contribution in [0.5, 0.6) is 5.75 Å². The highest BCUT2D eigenvalue weighted by Gasteiger charge is 2.01. The minimum absolute atomic E-state index is 0.506. The maximum atomic E-state index is 5.79. The maximum Gasteiger partial charge on any atom is 0.119 e. The summed E-state index contributed by atoms with van der Waals surface area (Å²) in [6.45, 7) is 4.95. The zero-order valence-electron chi connectivity index (χ0n) is 12.0. The second-order valence-corrected chi connectivity index (χ2v) is 6.21. The molecule has 0 spiro atoms. The van der Waals surface area contributed by atoms with Crippen molar-refractivity contribution >= 4 is 22.9 Å². The van der Waals surface area contributed by atoms with Crippen LogP contribution in [-0.2, 0) is 12.3 Å². The van der Waals surface area contributed by atoms with Crippen molar-refractivity contribution in [2.45, 2.75) is 39.0 Å². The number of alkyl halides is 1. The van der Waals surface area contributed by atoms with E-state index in [1.807, 2.05) is 5.38 Å². The van der Waals surface area contributed by atoms with Gasteiger partial charge in [-0.25, -0.2) is 4.98 Å². The first-order chi connectivity index (χ1) is 9.67. The van der Waals surface area contributed by atoms with Gasteiger partial charge in [0.2, 0.25) is 0 Å². The highest BCUT2D eigenvalue weighted by Crippen LogP contribution is 2.17. The summed E-state index contributed by atoms with van der Waals surface area (Å²) in [4.78, 5) is 4.45. The van der Waals surface area contributed by atoms with Crippen molar-refractivity contribution in [3.8, 4) is 5.75 Å². The smallest absolute Gasteiger partial charge is 0.119 e. The Morgan fingerprint density at radius 2 is 1.90 bits per heavy atom. The summed E-state index contributed by atoms with van der Waals surface area (Å²) in [5.74, 6) is 1.48. The van der Waals surface area contributed by atoms with Crippen molar-refractivity contribution in [3.63, 3.8) is 0 Å². The molecule has 0 fully saturated rings. The van der Waals surface area contributed by atoms with E-state index in [1.165, 1.54) is 16.1 Å². The van der Waals surface area contributed by atoms with E-state index in [0.717, 1.165) is 37.3 Å². The Hall–Kier alpha value is -1.06. The SMILES string of the molecule is Cc1cc(C)cc(OCCCCc2nc(CCl)cs2)c1. The van der Waals surface area contributed by atoms with Gasteiger partial charge in [0.1, 0.15) is 5.75 Å². The lowest BCUT2D eigenvalue weighted by Gasteiger charge is -2.07. The molecular formula is C16H20ClNOS. The first-order valence-corrected chi connectivity index (χ1v) is 8.29. The minimum Gasteiger partial charge on any atom is -0.494 e. The van der Waals surface area contributed by atoms with Gasteiger partial charge in [-0.15, -0.1) is 22.9 Å². The topological polar surface area (TPSA) is 22.1 Å². The molecule has 20 heavy (non-hydrogen) atoms. The Morgan fingerprint density at radius 3 is 2.55 bits per heavy atom. The van der Waals surface area contributed by atoms with Crippen LogP contribution in [0, 0.1) is 13.8 Å². The van der Waals surface area contributed by atoms with E-state index in [-0.39, 0.29) is 0 Å². The molecule has 1 aromatic heterocycles. The molecule has 0 unspecified atom stereocenters. The van der Waals surface area contributed by atoms with E-state index in [4.69, 9.17) is 16.3 Å². The standard InChI is InChI=1S/C16H20ClNOS/c1-12-7-13(2)9-15(8-12)19-6-4-3-5-16-18-14(10-17)11-20-16/h7-9,11H,3-6,10H2,1-2H3. The van der Waals surface area contributed by atoms with Crippen LogP contribution >= 0.6 is 22.9 Å². The van der Waals surface area contributed by atoms with Gasteiger partial charge in [-0.1, -0.05) is 6.07 Å². The molecule has 0 saturated heterocycles. The number of hydrogen-bond acceptors (Lipinski definition) is 3. The van der Waals surface area contributed by atoms with Crippen molar-refractivity contribution in [1.82, 2.24) is 4.98 Å². The predicted molar refractivity (Wildman–Crippen MR) is 86.0 cm³/mol. The molecule has 0 N–H and O–H groups in total. The van der Waals surface area contributed by atoms with Gasteiger partial charge in [0.05, 0.1) is 23.2 Å². The van der Waals surface area contributed by atoms with E-state index >= 15 is 0 Å². The van der Waals surface area contributed by atoms with Crippen LogP contribution in [0.2, 0.25) is 0 Å². The molecule has 2 rings (SSSR count). The van der Waals surface area contributed by atoms with Crippen LogP contribution in [0.1, 0.15) is 34.7 Å². The molecule has 4 heteroatoms. The van der Waals surface area contributed by atoms with Crippen molar-refractivity contribution < 1.29 is 4.74 Å². The van der Waals surface area contributed by atoms with Gasteiger partial charge in [-0.3, -0.25) is 0 Å². The lowest BCUT2D eigenvalue weighted by atomic mass is 10.1. The third-order valence-corrected chi connectivity index (χ3v) is 4.22. The fraction of sp³-hybridized carbons (Fsp3) is 0.438. The molecule has 108 valence electrons. The molecule has 0 aliphatic carbocycles. The van der Waals surface area contributed by atoms with Crippen LogP contribution in [0.3, 0.4) is 0 Å². The summed E-state index contributed by atoms with van der Waals surface area (Å²) >= 11 is 7.44. The number of benzene rings is 1. The third-order valence-electron chi connectivity index (χ3n) is 2.99. The normalized spacial score (nSPS) is 10.8. The summed E-state index contributed by atoms with van der Waals surface area (Å²) in [6, 6.07) is 6.32. The number of nitrogens with zero attached hydrogens (tertiary/aromatic N) is 1. The summed E-state index contributed by atoms with van der Waals surface area (Å²) in [5, 5.41) is 3.21. The van der Waals surface area contributed by atoms with Crippen LogP contribution in [-0.4, -0.2) is 11.6 Å². The fourth-order valence-corrected chi connectivity index (χ4v) is 3.18. The highest BCUT2D eigenvalue weighted by molar-refractivity contribution is 7.09. The van der Waals surface area contributed by atoms with Crippen molar-refractivity contribution in [2.24, 2.45) is 0 Å². The highest BCUT2D eigenvalue weighted by atomic mass is 35.5. The molecule has 0 aliphatic rings. The molecule has 0 saturated carbocycles. The molecular weight excluding hydrogens is 290 g/mol. The number of unbranched alkanes of at least 4 members (excludes halogenated alkanes) is 1. The molecule has 0 bridgehead atoms. The predicted octanol–water partition coefficient (Wildman–Crippen LogP) is 4.90. The molecule has 0 amide bonds. The Bertz CT molecular complexity index is 533. The first-order valence-electron chi connectivity index (χ1n) is 6.87. The van der Waals surface area contributed by atoms with E-state index in [2.05, 4.69) is 37.0 Å². The average Bonchev–Trinajstić information content (AvgIpc) is 2.85. The van der Waals surface area contributed by atoms with Gasteiger partial charge in [0.25, 0.3) is 0 Å². The molecule has 1 aromatic carbocycles. The quantitative estimate of drug-likeness (QED) is 0.536. The third kappa shape index (κ3) is 4.80. The number of thiazole rings is 1. The van der Waals surface area contributed by atoms with E-state index in [0.29, 0.717) is 5.88 Å². The zero-order chi connectivity index (χ0) is 14.4. The molecule has 0 aliphatic heterocycles. The van der Waals surface area contributed by atoms with Gasteiger partial charge < -0.3 is 4.74 Å². The Morgan fingerprint density at radius 1 is 1.15 bits per heavy atom. The minimum atomic E-state index is 0.506. The van der Waals surface area contributed by atoms with Gasteiger partial charge in [-0.05, 0) is 56.4 Å². The van der Waals surface area contributed by atoms with Crippen molar-refractivity contribution in [2.75, 3.05) is 6.61 Å². The number of aromatic nitrogens is 1. The van der Waals surface area contributed by atoms with Crippen LogP contribution in [0.4, 0.5) is 0 Å². The molecule has 2 nitrogen and oxygen atoms in total. The van der Waals surface area contributed by atoms with Crippen LogP contribution < -0.4 is 4.74 Å². The summed E-state index contributed by atoms with van der Waals surface area (Å²) in [5.41, 5.74) is 3.48. The van der Waals surface area contributed by atoms with Gasteiger partial charge in [0.15, 0.2) is 0 Å². The summed E-state index contributed by atoms with van der Waals surface area (Å²) < 4.78 is 5.79. The Labute approximate surface area is 129 Å². The largest absolute Gasteiger partial charge is 0.494 e. The van der Waals surface area contributed by atoms with E-state index in [9.17, 15) is 0 Å². The first kappa shape index (κ1) is 15.3. The molecule has 0 radical (unpaired) electrons. The lowest BCUT2D eigenvalue weighted by molar-refractivity contribution is 0.306. The average molecular weight is 310 g/mol. The van der Waals surface area contributed by atoms with Gasteiger partial charge in [-0.2, -0.15) is 0 Å². The second kappa shape index (κ2) is 7.65. The lowest BCUT2D eigenvalue weighted by Crippen LogP contribution is -1.99. The van der Waals surface area contributed by atoms with Crippen LogP contribution in [0.25, 0.3) is 0 Å². The summed E-state index contributed by atoms with van der Waals surface area (Å²) in [7, 11) is 0. The van der Waals surface area contributed by atoms with Gasteiger partial charge >= 0.3 is 0 Å². The number of ether oxygens (including phenoxy) is 1. The molecule has 2 aromatic rings. The number of halogens is 1. The van der Waals surface area contributed by atoms with Crippen molar-refractivity contribution in [1.29, 1.82) is 0 Å². The Kier molecular flexibility index (Phi) is 5.86. The van der Waals surface area contributed by atoms with Crippen molar-refractivity contribution in [3.05, 3.63) is 45.4 Å². The number of hydrogen-bond donors (Lipinski definition) is 0. The Balaban J connectivity index is 1.68. The maximum absolute atomic E-state index is 5.79. The van der Waals surface area contributed by atoms with Crippen LogP contribution in [0.15, 0.2) is 23.6 Å². The number of aryl methyl sites for hydroxylation is 3. The molecule has 1 heterocycles. The molecule has 0 atom stereocenters. The second-order valence-electron chi connectivity index (χ2n) is 5.00.